The number of hydrogen-bond donors (Lipinski definition) is 0. The van der Waals surface area contributed by atoms with Crippen LogP contribution in [0, 0.1) is 0 Å². The minimum absolute atomic E-state index is 0.514. The molecule has 3 nitrogen and oxygen atoms in total. The number of rotatable bonds is 4. The van der Waals surface area contributed by atoms with Crippen molar-refractivity contribution in [2.75, 3.05) is 0 Å². The van der Waals surface area contributed by atoms with Crippen molar-refractivity contribution in [1.82, 2.24) is 0 Å². The van der Waals surface area contributed by atoms with Gasteiger partial charge in [0.25, 0.3) is 0 Å². The summed E-state index contributed by atoms with van der Waals surface area (Å²) < 4.78 is 132. The largest absolute Gasteiger partial charge is 0.460 e. The maximum Gasteiger partial charge on any atom is 0.460 e. The average molecular weight is 332 g/mol. The summed E-state index contributed by atoms with van der Waals surface area (Å²) in [6.07, 6.45) is -7.09. The average Bonchev–Trinajstić information content (AvgIpc) is 2.15. The highest BCUT2D eigenvalue weighted by atomic mass is 32.2. The molecule has 18 heavy (non-hydrogen) atoms. The summed E-state index contributed by atoms with van der Waals surface area (Å²) in [5.74, 6) is -14.5. The molecule has 1 unspecified atom stereocenters. The van der Waals surface area contributed by atoms with Crippen LogP contribution in [0.5, 0.6) is 0 Å². The van der Waals surface area contributed by atoms with E-state index >= 15 is 0 Å². The van der Waals surface area contributed by atoms with Crippen LogP contribution >= 0.6 is 9.47 Å². The molecular formula is C4H2F9O3PS. The Hall–Kier alpha value is -0.290. The molecule has 0 fully saturated rings. The van der Waals surface area contributed by atoms with E-state index < -0.39 is 33.4 Å². The van der Waals surface area contributed by atoms with Gasteiger partial charge in [-0.25, -0.2) is 3.97 Å². The zero-order valence-electron chi connectivity index (χ0n) is 7.61. The van der Waals surface area contributed by atoms with E-state index in [2.05, 4.69) is 3.97 Å². The second kappa shape index (κ2) is 4.37. The maximum atomic E-state index is 12.5. The molecular weight excluding hydrogens is 330 g/mol. The molecule has 0 heterocycles. The maximum absolute atomic E-state index is 12.5. The minimum atomic E-state index is -7.28. The summed E-state index contributed by atoms with van der Waals surface area (Å²) in [5.41, 5.74) is 0. The van der Waals surface area contributed by atoms with Gasteiger partial charge in [-0.3, -0.25) is 0 Å². The van der Waals surface area contributed by atoms with E-state index in [0.29, 0.717) is 9.47 Å². The van der Waals surface area contributed by atoms with Gasteiger partial charge in [0.1, 0.15) is 0 Å². The molecule has 0 spiro atoms. The lowest BCUT2D eigenvalue weighted by Crippen LogP contribution is -2.63. The van der Waals surface area contributed by atoms with Gasteiger partial charge in [-0.05, 0) is 0 Å². The number of hydrogen-bond acceptors (Lipinski definition) is 3. The van der Waals surface area contributed by atoms with Crippen LogP contribution in [0.3, 0.4) is 0 Å². The van der Waals surface area contributed by atoms with Crippen LogP contribution in [0.2, 0.25) is 0 Å². The van der Waals surface area contributed by atoms with Gasteiger partial charge >= 0.3 is 33.4 Å². The predicted molar refractivity (Wildman–Crippen MR) is 40.6 cm³/mol. The molecule has 0 aromatic rings. The van der Waals surface area contributed by atoms with Crippen LogP contribution in [-0.4, -0.2) is 31.7 Å². The van der Waals surface area contributed by atoms with E-state index in [9.17, 15) is 47.9 Å². The Labute approximate surface area is 95.7 Å². The van der Waals surface area contributed by atoms with Crippen molar-refractivity contribution in [3.05, 3.63) is 0 Å². The molecule has 0 radical (unpaired) electrons. The Balaban J connectivity index is 5.96. The molecule has 0 aliphatic carbocycles. The van der Waals surface area contributed by atoms with Crippen molar-refractivity contribution in [2.45, 2.75) is 23.3 Å². The minimum Gasteiger partial charge on any atom is -0.250 e. The van der Waals surface area contributed by atoms with Crippen molar-refractivity contribution in [3.8, 4) is 0 Å². The normalized spacial score (nSPS) is 15.9. The van der Waals surface area contributed by atoms with Crippen LogP contribution in [0.1, 0.15) is 0 Å². The first-order valence-electron chi connectivity index (χ1n) is 3.39. The molecule has 0 bridgehead atoms. The molecule has 0 N–H and O–H groups in total. The van der Waals surface area contributed by atoms with E-state index in [4.69, 9.17) is 0 Å². The lowest BCUT2D eigenvalue weighted by molar-refractivity contribution is -0.382. The first kappa shape index (κ1) is 17.7. The topological polar surface area (TPSA) is 43.4 Å². The van der Waals surface area contributed by atoms with Gasteiger partial charge < -0.3 is 0 Å². The van der Waals surface area contributed by atoms with E-state index in [1.165, 1.54) is 0 Å². The molecule has 0 amide bonds. The summed E-state index contributed by atoms with van der Waals surface area (Å²) in [6, 6.07) is 0. The smallest absolute Gasteiger partial charge is 0.250 e. The molecule has 0 saturated carbocycles. The Morgan fingerprint density at radius 2 is 1.11 bits per heavy atom. The Morgan fingerprint density at radius 3 is 1.33 bits per heavy atom. The third kappa shape index (κ3) is 2.27. The van der Waals surface area contributed by atoms with Crippen LogP contribution < -0.4 is 0 Å². The third-order valence-electron chi connectivity index (χ3n) is 1.56. The molecule has 0 saturated heterocycles. The third-order valence-corrected chi connectivity index (χ3v) is 3.45. The van der Waals surface area contributed by atoms with Gasteiger partial charge in [-0.2, -0.15) is 47.9 Å². The van der Waals surface area contributed by atoms with Gasteiger partial charge in [0.05, 0.1) is 0 Å². The zero-order valence-corrected chi connectivity index (χ0v) is 9.58. The highest BCUT2D eigenvalue weighted by Crippen LogP contribution is 2.55. The molecule has 0 aromatic heterocycles. The van der Waals surface area contributed by atoms with Gasteiger partial charge in [0, 0.05) is 9.47 Å². The highest BCUT2D eigenvalue weighted by Gasteiger charge is 2.85. The van der Waals surface area contributed by atoms with Crippen molar-refractivity contribution in [1.29, 1.82) is 0 Å². The molecule has 110 valence electrons. The van der Waals surface area contributed by atoms with Crippen LogP contribution in [-0.2, 0) is 14.1 Å². The van der Waals surface area contributed by atoms with Crippen LogP contribution in [0.25, 0.3) is 0 Å². The van der Waals surface area contributed by atoms with Crippen molar-refractivity contribution < 1.29 is 51.9 Å². The lowest BCUT2D eigenvalue weighted by atomic mass is 10.1. The van der Waals surface area contributed by atoms with Gasteiger partial charge in [0.15, 0.2) is 0 Å². The first-order valence-corrected chi connectivity index (χ1v) is 5.27. The Morgan fingerprint density at radius 1 is 0.778 bits per heavy atom. The fourth-order valence-electron chi connectivity index (χ4n) is 0.578. The summed E-state index contributed by atoms with van der Waals surface area (Å²) in [7, 11) is -6.19. The highest BCUT2D eigenvalue weighted by molar-refractivity contribution is 7.89. The summed E-state index contributed by atoms with van der Waals surface area (Å²) >= 11 is 0. The summed E-state index contributed by atoms with van der Waals surface area (Å²) in [6.45, 7) is 0. The van der Waals surface area contributed by atoms with E-state index in [1.807, 2.05) is 0 Å². The van der Waals surface area contributed by atoms with Crippen molar-refractivity contribution in [2.24, 2.45) is 0 Å². The number of alkyl halides is 9. The fourth-order valence-corrected chi connectivity index (χ4v) is 1.50. The SMILES string of the molecule is O=S(=O)(OP)C(F)(F)C(F)(F)C(F)(F)C(F)(F)F. The standard InChI is InChI=1S/C4H2F9O3PS/c5-1(6,3(9,10)11)2(7,8)4(12,13)18(14,15)16-17/h17H2. The van der Waals surface area contributed by atoms with Gasteiger partial charge in [0.2, 0.25) is 0 Å². The van der Waals surface area contributed by atoms with Crippen molar-refractivity contribution >= 4 is 19.6 Å². The van der Waals surface area contributed by atoms with E-state index in [1.54, 1.807) is 0 Å². The lowest BCUT2D eigenvalue weighted by Gasteiger charge is -2.32. The summed E-state index contributed by atoms with van der Waals surface area (Å²) in [5, 5.41) is -6.79. The first-order chi connectivity index (χ1) is 7.56. The van der Waals surface area contributed by atoms with Gasteiger partial charge in [-0.1, -0.05) is 0 Å². The molecule has 0 aliphatic heterocycles. The molecule has 1 atom stereocenters. The number of halogens is 9. The van der Waals surface area contributed by atoms with E-state index in [-0.39, 0.29) is 0 Å². The fraction of sp³-hybridized carbons (Fsp3) is 1.00. The quantitative estimate of drug-likeness (QED) is 0.587. The molecule has 14 heteroatoms. The molecule has 0 aliphatic rings. The van der Waals surface area contributed by atoms with E-state index in [0.717, 1.165) is 0 Å². The molecule has 0 aromatic carbocycles. The van der Waals surface area contributed by atoms with Gasteiger partial charge in [-0.15, -0.1) is 0 Å². The monoisotopic (exact) mass is 332 g/mol. The Kier molecular flexibility index (Phi) is 4.30. The van der Waals surface area contributed by atoms with Crippen LogP contribution in [0.4, 0.5) is 39.5 Å². The summed E-state index contributed by atoms with van der Waals surface area (Å²) in [4.78, 5) is 0. The molecule has 0 rings (SSSR count). The predicted octanol–water partition coefficient (Wildman–Crippen LogP) is 2.55. The van der Waals surface area contributed by atoms with Crippen LogP contribution in [0.15, 0.2) is 0 Å². The second-order valence-corrected chi connectivity index (χ2v) is 4.90. The zero-order chi connectivity index (χ0) is 15.2. The van der Waals surface area contributed by atoms with Crippen molar-refractivity contribution in [3.63, 3.8) is 0 Å². The second-order valence-electron chi connectivity index (χ2n) is 2.71. The Bertz CT molecular complexity index is 412.